The van der Waals surface area contributed by atoms with E-state index in [1.165, 1.54) is 0 Å². The molecule has 1 unspecified atom stereocenters. The van der Waals surface area contributed by atoms with Crippen LogP contribution in [0.2, 0.25) is 5.02 Å². The molecule has 0 bridgehead atoms. The van der Waals surface area contributed by atoms with E-state index in [9.17, 15) is 4.79 Å². The van der Waals surface area contributed by atoms with E-state index in [1.54, 1.807) is 6.07 Å². The van der Waals surface area contributed by atoms with Gasteiger partial charge in [0.2, 0.25) is 5.91 Å². The van der Waals surface area contributed by atoms with E-state index < -0.39 is 0 Å². The summed E-state index contributed by atoms with van der Waals surface area (Å²) in [7, 11) is 0. The van der Waals surface area contributed by atoms with E-state index in [-0.39, 0.29) is 18.5 Å². The molecule has 0 spiro atoms. The third-order valence-electron chi connectivity index (χ3n) is 3.66. The lowest BCUT2D eigenvalue weighted by molar-refractivity contribution is -0.120. The molecule has 3 rings (SSSR count). The molecule has 2 aromatic rings. The molecule has 4 nitrogen and oxygen atoms in total. The van der Waals surface area contributed by atoms with Gasteiger partial charge in [0.05, 0.1) is 29.9 Å². The van der Waals surface area contributed by atoms with Crippen molar-refractivity contribution in [1.29, 1.82) is 0 Å². The largest absolute Gasteiger partial charge is 0.493 e. The molecule has 6 heteroatoms. The number of anilines is 1. The van der Waals surface area contributed by atoms with Gasteiger partial charge in [0.15, 0.2) is 0 Å². The Bertz CT molecular complexity index is 723. The number of nitrogens with one attached hydrogen (secondary N) is 2. The van der Waals surface area contributed by atoms with E-state index in [4.69, 9.17) is 16.3 Å². The van der Waals surface area contributed by atoms with Gasteiger partial charge in [-0.1, -0.05) is 39.7 Å². The number of benzene rings is 2. The molecule has 0 fully saturated rings. The van der Waals surface area contributed by atoms with Crippen molar-refractivity contribution in [3.8, 4) is 5.75 Å². The number of amides is 1. The Balaban J connectivity index is 1.63. The summed E-state index contributed by atoms with van der Waals surface area (Å²) in [4.78, 5) is 12.2. The molecule has 2 N–H and O–H groups in total. The third-order valence-corrected chi connectivity index (χ3v) is 4.48. The van der Waals surface area contributed by atoms with E-state index in [1.807, 2.05) is 36.4 Å². The molecule has 1 heterocycles. The molecule has 120 valence electrons. The second-order valence-electron chi connectivity index (χ2n) is 5.27. The third kappa shape index (κ3) is 3.98. The Hall–Kier alpha value is -1.72. The Morgan fingerprint density at radius 1 is 1.30 bits per heavy atom. The van der Waals surface area contributed by atoms with Crippen molar-refractivity contribution in [3.63, 3.8) is 0 Å². The predicted molar refractivity (Wildman–Crippen MR) is 95.1 cm³/mol. The van der Waals surface area contributed by atoms with Crippen molar-refractivity contribution in [2.45, 2.75) is 12.5 Å². The van der Waals surface area contributed by atoms with Gasteiger partial charge in [-0.05, 0) is 30.3 Å². The first kappa shape index (κ1) is 16.1. The molecule has 23 heavy (non-hydrogen) atoms. The maximum Gasteiger partial charge on any atom is 0.239 e. The van der Waals surface area contributed by atoms with Crippen molar-refractivity contribution in [2.24, 2.45) is 0 Å². The van der Waals surface area contributed by atoms with Crippen LogP contribution in [0.25, 0.3) is 0 Å². The molecule has 0 radical (unpaired) electrons. The summed E-state index contributed by atoms with van der Waals surface area (Å²) in [6, 6.07) is 13.1. The normalized spacial score (nSPS) is 16.2. The average molecular weight is 396 g/mol. The highest BCUT2D eigenvalue weighted by atomic mass is 79.9. The predicted octanol–water partition coefficient (Wildman–Crippen LogP) is 4.15. The number of hydrogen-bond acceptors (Lipinski definition) is 3. The summed E-state index contributed by atoms with van der Waals surface area (Å²) in [6.07, 6.45) is 0.751. The van der Waals surface area contributed by atoms with Crippen molar-refractivity contribution >= 4 is 39.1 Å². The SMILES string of the molecule is O=C(CNc1ccccc1Cl)NC1CCOc2ccc(Br)cc21. The molecular formula is C17H16BrClN2O2. The van der Waals surface area contributed by atoms with Crippen LogP contribution >= 0.6 is 27.5 Å². The van der Waals surface area contributed by atoms with Crippen LogP contribution in [0.4, 0.5) is 5.69 Å². The van der Waals surface area contributed by atoms with Crippen molar-refractivity contribution in [2.75, 3.05) is 18.5 Å². The van der Waals surface area contributed by atoms with Crippen LogP contribution in [0.15, 0.2) is 46.9 Å². The van der Waals surface area contributed by atoms with Crippen LogP contribution in [0, 0.1) is 0 Å². The highest BCUT2D eigenvalue weighted by molar-refractivity contribution is 9.10. The molecule has 1 amide bonds. The number of halogens is 2. The maximum absolute atomic E-state index is 12.2. The summed E-state index contributed by atoms with van der Waals surface area (Å²) < 4.78 is 6.60. The van der Waals surface area contributed by atoms with Gasteiger partial charge in [0, 0.05) is 16.5 Å². The average Bonchev–Trinajstić information content (AvgIpc) is 2.55. The highest BCUT2D eigenvalue weighted by Crippen LogP contribution is 2.34. The minimum Gasteiger partial charge on any atom is -0.493 e. The van der Waals surface area contributed by atoms with Gasteiger partial charge in [-0.3, -0.25) is 4.79 Å². The standard InChI is InChI=1S/C17H16BrClN2O2/c18-11-5-6-16-12(9-11)14(7-8-23-16)21-17(22)10-20-15-4-2-1-3-13(15)19/h1-6,9,14,20H,7-8,10H2,(H,21,22). The minimum absolute atomic E-state index is 0.0446. The Morgan fingerprint density at radius 2 is 2.13 bits per heavy atom. The smallest absolute Gasteiger partial charge is 0.239 e. The zero-order valence-corrected chi connectivity index (χ0v) is 14.7. The first-order chi connectivity index (χ1) is 11.1. The quantitative estimate of drug-likeness (QED) is 0.817. The summed E-state index contributed by atoms with van der Waals surface area (Å²) in [6.45, 7) is 0.766. The molecule has 1 atom stereocenters. The second-order valence-corrected chi connectivity index (χ2v) is 6.60. The van der Waals surface area contributed by atoms with Gasteiger partial charge >= 0.3 is 0 Å². The number of rotatable bonds is 4. The lowest BCUT2D eigenvalue weighted by Gasteiger charge is -2.27. The van der Waals surface area contributed by atoms with Gasteiger partial charge in [-0.2, -0.15) is 0 Å². The van der Waals surface area contributed by atoms with Crippen molar-refractivity contribution in [3.05, 3.63) is 57.5 Å². The summed E-state index contributed by atoms with van der Waals surface area (Å²) in [5, 5.41) is 6.70. The monoisotopic (exact) mass is 394 g/mol. The first-order valence-electron chi connectivity index (χ1n) is 7.33. The zero-order valence-electron chi connectivity index (χ0n) is 12.3. The van der Waals surface area contributed by atoms with Gasteiger partial charge in [-0.25, -0.2) is 0 Å². The lowest BCUT2D eigenvalue weighted by Crippen LogP contribution is -2.35. The van der Waals surface area contributed by atoms with Gasteiger partial charge in [0.25, 0.3) is 0 Å². The molecule has 0 saturated carbocycles. The Labute approximate surface area is 148 Å². The zero-order chi connectivity index (χ0) is 16.2. The summed E-state index contributed by atoms with van der Waals surface area (Å²) in [5.41, 5.74) is 1.75. The molecule has 0 aliphatic carbocycles. The van der Waals surface area contributed by atoms with E-state index in [0.29, 0.717) is 11.6 Å². The number of carbonyl (C=O) groups is 1. The van der Waals surface area contributed by atoms with Gasteiger partial charge < -0.3 is 15.4 Å². The van der Waals surface area contributed by atoms with Crippen molar-refractivity contribution < 1.29 is 9.53 Å². The summed E-state index contributed by atoms with van der Waals surface area (Å²) in [5.74, 6) is 0.742. The number of ether oxygens (including phenoxy) is 1. The first-order valence-corrected chi connectivity index (χ1v) is 8.50. The Kier molecular flexibility index (Phi) is 5.08. The van der Waals surface area contributed by atoms with Gasteiger partial charge in [-0.15, -0.1) is 0 Å². The van der Waals surface area contributed by atoms with E-state index in [2.05, 4.69) is 26.6 Å². The molecule has 0 aromatic heterocycles. The number of carbonyl (C=O) groups excluding carboxylic acids is 1. The fourth-order valence-corrected chi connectivity index (χ4v) is 3.12. The fraction of sp³-hybridized carbons (Fsp3) is 0.235. The molecule has 1 aliphatic rings. The van der Waals surface area contributed by atoms with Crippen LogP contribution in [0.5, 0.6) is 5.75 Å². The maximum atomic E-state index is 12.2. The molecule has 2 aromatic carbocycles. The van der Waals surface area contributed by atoms with Gasteiger partial charge in [0.1, 0.15) is 5.75 Å². The number of fused-ring (bicyclic) bond motifs is 1. The van der Waals surface area contributed by atoms with Crippen LogP contribution in [-0.4, -0.2) is 19.1 Å². The molecule has 0 saturated heterocycles. The highest BCUT2D eigenvalue weighted by Gasteiger charge is 2.23. The topological polar surface area (TPSA) is 50.4 Å². The summed E-state index contributed by atoms with van der Waals surface area (Å²) >= 11 is 9.53. The van der Waals surface area contributed by atoms with Crippen LogP contribution in [-0.2, 0) is 4.79 Å². The van der Waals surface area contributed by atoms with Crippen molar-refractivity contribution in [1.82, 2.24) is 5.32 Å². The lowest BCUT2D eigenvalue weighted by atomic mass is 10.0. The fourth-order valence-electron chi connectivity index (χ4n) is 2.54. The van der Waals surface area contributed by atoms with E-state index in [0.717, 1.165) is 27.9 Å². The second kappa shape index (κ2) is 7.23. The molecule has 1 aliphatic heterocycles. The van der Waals surface area contributed by atoms with Crippen LogP contribution < -0.4 is 15.4 Å². The number of para-hydroxylation sites is 1. The van der Waals surface area contributed by atoms with Crippen LogP contribution in [0.1, 0.15) is 18.0 Å². The molecular weight excluding hydrogens is 380 g/mol. The minimum atomic E-state index is -0.0808. The number of hydrogen-bond donors (Lipinski definition) is 2. The van der Waals surface area contributed by atoms with Crippen LogP contribution in [0.3, 0.4) is 0 Å². The van der Waals surface area contributed by atoms with E-state index >= 15 is 0 Å². The Morgan fingerprint density at radius 3 is 2.96 bits per heavy atom.